The smallest absolute Gasteiger partial charge is 0.339 e. The maximum Gasteiger partial charge on any atom is 0.339 e. The van der Waals surface area contributed by atoms with Gasteiger partial charge < -0.3 is 14.5 Å². The summed E-state index contributed by atoms with van der Waals surface area (Å²) in [7, 11) is -3.16. The third-order valence-corrected chi connectivity index (χ3v) is 6.89. The Kier molecular flexibility index (Phi) is 5.07. The summed E-state index contributed by atoms with van der Waals surface area (Å²) in [6.45, 7) is 1.16. The van der Waals surface area contributed by atoms with E-state index in [4.69, 9.17) is 9.15 Å². The summed E-state index contributed by atoms with van der Waals surface area (Å²) < 4.78 is 34.0. The lowest BCUT2D eigenvalue weighted by Gasteiger charge is -2.23. The minimum Gasteiger partial charge on any atom is -0.463 e. The van der Waals surface area contributed by atoms with Crippen LogP contribution in [-0.4, -0.2) is 48.9 Å². The summed E-state index contributed by atoms with van der Waals surface area (Å²) in [6.07, 6.45) is 1.84. The number of para-hydroxylation sites is 1. The number of ether oxygens (including phenoxy) is 1. The van der Waals surface area contributed by atoms with Gasteiger partial charge in [0.15, 0.2) is 22.2 Å². The van der Waals surface area contributed by atoms with Gasteiger partial charge in [0.25, 0.3) is 5.91 Å². The highest BCUT2D eigenvalue weighted by Gasteiger charge is 2.39. The summed E-state index contributed by atoms with van der Waals surface area (Å²) in [5.41, 5.74) is 0.470. The topological polar surface area (TPSA) is 116 Å². The molecule has 3 heterocycles. The van der Waals surface area contributed by atoms with Crippen LogP contribution in [0.3, 0.4) is 0 Å². The highest BCUT2D eigenvalue weighted by atomic mass is 32.2. The van der Waals surface area contributed by atoms with Crippen molar-refractivity contribution in [1.82, 2.24) is 10.3 Å². The van der Waals surface area contributed by atoms with Crippen molar-refractivity contribution in [2.45, 2.75) is 18.9 Å². The van der Waals surface area contributed by atoms with Gasteiger partial charge in [0.2, 0.25) is 0 Å². The fourth-order valence-corrected chi connectivity index (χ4v) is 5.68. The van der Waals surface area contributed by atoms with E-state index in [9.17, 15) is 18.0 Å². The van der Waals surface area contributed by atoms with E-state index in [-0.39, 0.29) is 17.1 Å². The lowest BCUT2D eigenvalue weighted by molar-refractivity contribution is -0.125. The second kappa shape index (κ2) is 7.56. The van der Waals surface area contributed by atoms with Crippen LogP contribution in [0.1, 0.15) is 23.7 Å². The largest absolute Gasteiger partial charge is 0.463 e. The second-order valence-electron chi connectivity index (χ2n) is 7.58. The first-order valence-corrected chi connectivity index (χ1v) is 11.2. The summed E-state index contributed by atoms with van der Waals surface area (Å²) in [6, 6.07) is 12.1. The Labute approximate surface area is 173 Å². The van der Waals surface area contributed by atoms with Crippen molar-refractivity contribution in [3.63, 3.8) is 0 Å². The number of furan rings is 1. The van der Waals surface area contributed by atoms with Gasteiger partial charge in [-0.2, -0.15) is 0 Å². The molecule has 0 bridgehead atoms. The van der Waals surface area contributed by atoms with Gasteiger partial charge in [0, 0.05) is 5.39 Å². The Bertz CT molecular complexity index is 1220. The predicted octanol–water partition coefficient (Wildman–Crippen LogP) is 2.34. The van der Waals surface area contributed by atoms with E-state index < -0.39 is 33.9 Å². The number of aromatic nitrogens is 1. The van der Waals surface area contributed by atoms with Crippen molar-refractivity contribution in [3.05, 3.63) is 54.3 Å². The lowest BCUT2D eigenvalue weighted by atomic mass is 10.0. The monoisotopic (exact) mass is 428 g/mol. The highest BCUT2D eigenvalue weighted by molar-refractivity contribution is 7.91. The van der Waals surface area contributed by atoms with Crippen LogP contribution in [-0.2, 0) is 19.4 Å². The van der Waals surface area contributed by atoms with Crippen molar-refractivity contribution in [3.8, 4) is 11.5 Å². The van der Waals surface area contributed by atoms with Crippen LogP contribution >= 0.6 is 0 Å². The molecule has 1 aromatic carbocycles. The van der Waals surface area contributed by atoms with Crippen molar-refractivity contribution in [2.75, 3.05) is 18.1 Å². The first-order chi connectivity index (χ1) is 14.2. The van der Waals surface area contributed by atoms with Crippen molar-refractivity contribution >= 4 is 32.6 Å². The normalized spacial score (nSPS) is 20.2. The molecular formula is C21H20N2O6S. The average molecular weight is 428 g/mol. The van der Waals surface area contributed by atoms with Crippen LogP contribution in [0, 0.1) is 0 Å². The Balaban J connectivity index is 1.51. The quantitative estimate of drug-likeness (QED) is 0.620. The number of sulfone groups is 1. The molecule has 0 aliphatic carbocycles. The van der Waals surface area contributed by atoms with E-state index in [1.54, 1.807) is 49.4 Å². The summed E-state index contributed by atoms with van der Waals surface area (Å²) >= 11 is 0. The van der Waals surface area contributed by atoms with Crippen LogP contribution in [0.15, 0.2) is 53.1 Å². The fraction of sp³-hybridized carbons (Fsp3) is 0.286. The second-order valence-corrected chi connectivity index (χ2v) is 9.76. The Morgan fingerprint density at radius 3 is 2.73 bits per heavy atom. The molecule has 30 heavy (non-hydrogen) atoms. The number of hydrogen-bond acceptors (Lipinski definition) is 7. The zero-order valence-electron chi connectivity index (χ0n) is 16.3. The van der Waals surface area contributed by atoms with Crippen LogP contribution in [0.25, 0.3) is 22.4 Å². The summed E-state index contributed by atoms with van der Waals surface area (Å²) in [5.74, 6) is -0.820. The van der Waals surface area contributed by atoms with Crippen molar-refractivity contribution in [1.29, 1.82) is 0 Å². The molecule has 2 aromatic heterocycles. The molecule has 1 N–H and O–H groups in total. The molecule has 9 heteroatoms. The van der Waals surface area contributed by atoms with Gasteiger partial charge >= 0.3 is 5.97 Å². The van der Waals surface area contributed by atoms with Gasteiger partial charge in [0.1, 0.15) is 5.69 Å². The summed E-state index contributed by atoms with van der Waals surface area (Å²) in [4.78, 5) is 29.5. The third kappa shape index (κ3) is 4.20. The Hall–Kier alpha value is -3.20. The molecule has 4 rings (SSSR count). The first-order valence-electron chi connectivity index (χ1n) is 9.37. The van der Waals surface area contributed by atoms with Crippen LogP contribution in [0.4, 0.5) is 0 Å². The Morgan fingerprint density at radius 1 is 1.23 bits per heavy atom. The minimum atomic E-state index is -3.16. The number of carbonyl (C=O) groups is 2. The molecule has 3 aromatic rings. The highest BCUT2D eigenvalue weighted by Crippen LogP contribution is 2.26. The number of amides is 1. The summed E-state index contributed by atoms with van der Waals surface area (Å²) in [5, 5.41) is 3.26. The van der Waals surface area contributed by atoms with E-state index in [1.807, 2.05) is 0 Å². The molecule has 1 aliphatic rings. The molecular weight excluding hydrogens is 408 g/mol. The zero-order chi connectivity index (χ0) is 21.4. The molecule has 1 aliphatic heterocycles. The SMILES string of the molecule is CC1(NC(=O)COC(=O)c2cc(-c3ccco3)nc3ccccc23)CCS(=O)(=O)C1. The van der Waals surface area contributed by atoms with Crippen molar-refractivity contribution < 1.29 is 27.2 Å². The molecule has 0 radical (unpaired) electrons. The van der Waals surface area contributed by atoms with E-state index in [2.05, 4.69) is 10.3 Å². The van der Waals surface area contributed by atoms with Crippen LogP contribution < -0.4 is 5.32 Å². The number of fused-ring (bicyclic) bond motifs is 1. The number of carbonyl (C=O) groups excluding carboxylic acids is 2. The lowest BCUT2D eigenvalue weighted by Crippen LogP contribution is -2.48. The predicted molar refractivity (Wildman–Crippen MR) is 110 cm³/mol. The van der Waals surface area contributed by atoms with E-state index in [1.165, 1.54) is 6.26 Å². The maximum atomic E-state index is 12.7. The average Bonchev–Trinajstić information content (AvgIpc) is 3.33. The minimum absolute atomic E-state index is 0.0299. The third-order valence-electron chi connectivity index (χ3n) is 4.99. The van der Waals surface area contributed by atoms with Gasteiger partial charge in [-0.25, -0.2) is 18.2 Å². The van der Waals surface area contributed by atoms with Gasteiger partial charge in [0.05, 0.1) is 34.4 Å². The number of esters is 1. The molecule has 8 nitrogen and oxygen atoms in total. The molecule has 1 fully saturated rings. The number of benzene rings is 1. The van der Waals surface area contributed by atoms with Gasteiger partial charge in [-0.3, -0.25) is 4.79 Å². The van der Waals surface area contributed by atoms with Crippen LogP contribution in [0.5, 0.6) is 0 Å². The Morgan fingerprint density at radius 2 is 2.03 bits per heavy atom. The fourth-order valence-electron chi connectivity index (χ4n) is 3.59. The number of hydrogen-bond donors (Lipinski definition) is 1. The van der Waals surface area contributed by atoms with Crippen LogP contribution in [0.2, 0.25) is 0 Å². The molecule has 0 spiro atoms. The first kappa shape index (κ1) is 20.1. The van der Waals surface area contributed by atoms with E-state index in [0.717, 1.165) is 0 Å². The number of nitrogens with one attached hydrogen (secondary N) is 1. The molecule has 1 amide bonds. The zero-order valence-corrected chi connectivity index (χ0v) is 17.1. The molecule has 1 saturated heterocycles. The standard InChI is InChI=1S/C21H20N2O6S/c1-21(8-10-30(26,27)13-21)23-19(24)12-29-20(25)15-11-17(18-7-4-9-28-18)22-16-6-3-2-5-14(15)16/h2-7,9,11H,8,10,12-13H2,1H3,(H,23,24). The van der Waals surface area contributed by atoms with E-state index >= 15 is 0 Å². The van der Waals surface area contributed by atoms with Gasteiger partial charge in [-0.05, 0) is 37.6 Å². The number of nitrogens with zero attached hydrogens (tertiary/aromatic N) is 1. The molecule has 1 atom stereocenters. The van der Waals surface area contributed by atoms with E-state index in [0.29, 0.717) is 28.8 Å². The molecule has 0 saturated carbocycles. The number of pyridine rings is 1. The maximum absolute atomic E-state index is 12.7. The van der Waals surface area contributed by atoms with Gasteiger partial charge in [-0.1, -0.05) is 18.2 Å². The van der Waals surface area contributed by atoms with Crippen molar-refractivity contribution in [2.24, 2.45) is 0 Å². The van der Waals surface area contributed by atoms with Gasteiger partial charge in [-0.15, -0.1) is 0 Å². The number of rotatable bonds is 5. The molecule has 1 unspecified atom stereocenters. The molecule has 156 valence electrons.